The second kappa shape index (κ2) is 14.6. The van der Waals surface area contributed by atoms with E-state index in [0.29, 0.717) is 0 Å². The minimum atomic E-state index is 0.874. The molecule has 7 aromatic carbocycles. The minimum Gasteiger partial charge on any atom is -0.497 e. The van der Waals surface area contributed by atoms with E-state index in [4.69, 9.17) is 4.74 Å². The van der Waals surface area contributed by atoms with Crippen molar-refractivity contribution >= 4 is 34.1 Å². The van der Waals surface area contributed by atoms with Gasteiger partial charge in [-0.05, 0) is 188 Å². The Bertz CT molecular complexity index is 2500. The van der Waals surface area contributed by atoms with E-state index >= 15 is 0 Å². The molecule has 0 bridgehead atoms. The Hall–Kier alpha value is -6.06. The molecule has 0 saturated carbocycles. The van der Waals surface area contributed by atoms with Gasteiger partial charge < -0.3 is 14.5 Å². The van der Waals surface area contributed by atoms with Crippen LogP contribution in [0.4, 0.5) is 34.1 Å². The Morgan fingerprint density at radius 2 is 0.782 bits per heavy atom. The van der Waals surface area contributed by atoms with Crippen molar-refractivity contribution < 1.29 is 4.74 Å². The van der Waals surface area contributed by atoms with Crippen molar-refractivity contribution in [1.82, 2.24) is 0 Å². The van der Waals surface area contributed by atoms with Crippen molar-refractivity contribution in [1.29, 1.82) is 0 Å². The molecule has 3 heteroatoms. The smallest absolute Gasteiger partial charge is 0.119 e. The highest BCUT2D eigenvalue weighted by molar-refractivity contribution is 5.83. The first-order valence-corrected chi connectivity index (χ1v) is 19.8. The quantitative estimate of drug-likeness (QED) is 0.148. The van der Waals surface area contributed by atoms with Crippen LogP contribution in [0.1, 0.15) is 51.8 Å². The molecule has 0 heterocycles. The SMILES string of the molecule is COc1ccc(N(c2ccc(-c3ccc(-c4ccc(N(c5ccc6c(c5)CCC6)c5ccc(C)cc5C)cc4)cc3)cc2)c2ccc3c(c2)CCC3)c(C)c1. The van der Waals surface area contributed by atoms with Crippen LogP contribution in [0.5, 0.6) is 5.75 Å². The van der Waals surface area contributed by atoms with Gasteiger partial charge in [-0.25, -0.2) is 0 Å². The molecule has 2 aliphatic carbocycles. The molecule has 0 fully saturated rings. The van der Waals surface area contributed by atoms with Gasteiger partial charge in [-0.15, -0.1) is 0 Å². The van der Waals surface area contributed by atoms with Crippen molar-refractivity contribution in [3.8, 4) is 28.0 Å². The van der Waals surface area contributed by atoms with Crippen LogP contribution in [0, 0.1) is 20.8 Å². The van der Waals surface area contributed by atoms with Crippen LogP contribution in [0.15, 0.2) is 146 Å². The lowest BCUT2D eigenvalue weighted by Gasteiger charge is -2.28. The molecular weight excluding hydrogens is 669 g/mol. The number of rotatable bonds is 9. The number of benzene rings is 7. The summed E-state index contributed by atoms with van der Waals surface area (Å²) in [4.78, 5) is 4.81. The Morgan fingerprint density at radius 3 is 1.22 bits per heavy atom. The number of anilines is 6. The Balaban J connectivity index is 0.986. The summed E-state index contributed by atoms with van der Waals surface area (Å²) in [6.07, 6.45) is 7.17. The van der Waals surface area contributed by atoms with E-state index in [1.54, 1.807) is 7.11 Å². The monoisotopic (exact) mass is 716 g/mol. The maximum atomic E-state index is 5.55. The molecule has 55 heavy (non-hydrogen) atoms. The summed E-state index contributed by atoms with van der Waals surface area (Å²) in [5.41, 5.74) is 21.6. The Morgan fingerprint density at radius 1 is 0.382 bits per heavy atom. The summed E-state index contributed by atoms with van der Waals surface area (Å²) >= 11 is 0. The average molecular weight is 717 g/mol. The maximum absolute atomic E-state index is 5.55. The number of fused-ring (bicyclic) bond motifs is 2. The highest BCUT2D eigenvalue weighted by Gasteiger charge is 2.20. The summed E-state index contributed by atoms with van der Waals surface area (Å²) in [5, 5.41) is 0. The Labute approximate surface area is 326 Å². The molecule has 0 saturated heterocycles. The van der Waals surface area contributed by atoms with Crippen LogP contribution in [-0.4, -0.2) is 7.11 Å². The number of ether oxygens (including phenoxy) is 1. The molecule has 0 radical (unpaired) electrons. The summed E-state index contributed by atoms with van der Waals surface area (Å²) in [7, 11) is 1.73. The first kappa shape index (κ1) is 34.7. The number of hydrogen-bond donors (Lipinski definition) is 0. The number of aryl methyl sites for hydroxylation is 7. The van der Waals surface area contributed by atoms with Gasteiger partial charge in [-0.3, -0.25) is 0 Å². The van der Waals surface area contributed by atoms with E-state index < -0.39 is 0 Å². The third kappa shape index (κ3) is 6.80. The second-order valence-corrected chi connectivity index (χ2v) is 15.4. The molecule has 0 aliphatic heterocycles. The zero-order valence-electron chi connectivity index (χ0n) is 32.4. The van der Waals surface area contributed by atoms with Crippen LogP contribution in [0.2, 0.25) is 0 Å². The van der Waals surface area contributed by atoms with Gasteiger partial charge >= 0.3 is 0 Å². The molecule has 0 aromatic heterocycles. The van der Waals surface area contributed by atoms with Crippen LogP contribution in [0.25, 0.3) is 22.3 Å². The number of hydrogen-bond acceptors (Lipinski definition) is 3. The summed E-state index contributed by atoms with van der Waals surface area (Å²) in [5.74, 6) is 0.874. The Kier molecular flexibility index (Phi) is 9.23. The zero-order valence-corrected chi connectivity index (χ0v) is 32.4. The number of methoxy groups -OCH3 is 1. The fourth-order valence-corrected chi connectivity index (χ4v) is 8.77. The van der Waals surface area contributed by atoms with E-state index in [1.165, 1.54) is 116 Å². The first-order valence-electron chi connectivity index (χ1n) is 19.8. The van der Waals surface area contributed by atoms with E-state index in [2.05, 4.69) is 176 Å². The van der Waals surface area contributed by atoms with Crippen molar-refractivity contribution in [3.63, 3.8) is 0 Å². The molecule has 0 spiro atoms. The van der Waals surface area contributed by atoms with Crippen molar-refractivity contribution in [2.24, 2.45) is 0 Å². The van der Waals surface area contributed by atoms with E-state index in [-0.39, 0.29) is 0 Å². The highest BCUT2D eigenvalue weighted by atomic mass is 16.5. The molecule has 7 aromatic rings. The molecule has 0 N–H and O–H groups in total. The molecular formula is C52H48N2O. The van der Waals surface area contributed by atoms with Crippen LogP contribution < -0.4 is 14.5 Å². The van der Waals surface area contributed by atoms with Crippen LogP contribution >= 0.6 is 0 Å². The van der Waals surface area contributed by atoms with Gasteiger partial charge in [0.25, 0.3) is 0 Å². The molecule has 0 unspecified atom stereocenters. The van der Waals surface area contributed by atoms with Crippen molar-refractivity contribution in [2.75, 3.05) is 16.9 Å². The molecule has 3 nitrogen and oxygen atoms in total. The van der Waals surface area contributed by atoms with E-state index in [0.717, 1.165) is 23.5 Å². The van der Waals surface area contributed by atoms with Gasteiger partial charge in [-0.1, -0.05) is 78.4 Å². The predicted octanol–water partition coefficient (Wildman–Crippen LogP) is 13.9. The fourth-order valence-electron chi connectivity index (χ4n) is 8.77. The first-order chi connectivity index (χ1) is 26.9. The summed E-state index contributed by atoms with van der Waals surface area (Å²) in [6.45, 7) is 6.55. The molecule has 9 rings (SSSR count). The normalized spacial score (nSPS) is 13.0. The molecule has 0 amide bonds. The lowest BCUT2D eigenvalue weighted by Crippen LogP contribution is -2.12. The second-order valence-electron chi connectivity index (χ2n) is 15.4. The predicted molar refractivity (Wildman–Crippen MR) is 231 cm³/mol. The third-order valence-electron chi connectivity index (χ3n) is 11.7. The van der Waals surface area contributed by atoms with Gasteiger partial charge in [0.2, 0.25) is 0 Å². The minimum absolute atomic E-state index is 0.874. The fraction of sp³-hybridized carbons (Fsp3) is 0.192. The van der Waals surface area contributed by atoms with Gasteiger partial charge in [0.15, 0.2) is 0 Å². The van der Waals surface area contributed by atoms with Crippen molar-refractivity contribution in [3.05, 3.63) is 185 Å². The molecule has 272 valence electrons. The van der Waals surface area contributed by atoms with Gasteiger partial charge in [-0.2, -0.15) is 0 Å². The average Bonchev–Trinajstić information content (AvgIpc) is 3.90. The highest BCUT2D eigenvalue weighted by Crippen LogP contribution is 2.42. The van der Waals surface area contributed by atoms with Gasteiger partial charge in [0.1, 0.15) is 5.75 Å². The maximum Gasteiger partial charge on any atom is 0.119 e. The third-order valence-corrected chi connectivity index (χ3v) is 11.7. The lowest BCUT2D eigenvalue weighted by molar-refractivity contribution is 0.414. The van der Waals surface area contributed by atoms with E-state index in [1.807, 2.05) is 0 Å². The molecule has 2 aliphatic rings. The van der Waals surface area contributed by atoms with Crippen molar-refractivity contribution in [2.45, 2.75) is 59.3 Å². The van der Waals surface area contributed by atoms with Gasteiger partial charge in [0, 0.05) is 34.1 Å². The largest absolute Gasteiger partial charge is 0.497 e. The van der Waals surface area contributed by atoms with E-state index in [9.17, 15) is 0 Å². The zero-order chi connectivity index (χ0) is 37.5. The van der Waals surface area contributed by atoms with Crippen LogP contribution in [0.3, 0.4) is 0 Å². The standard InChI is InChI=1S/C52H48N2O/c1-35-11-29-51(36(2)31-35)53(48-26-20-38-7-5-9-44(38)33-48)46-22-16-42(17-23-46)40-12-14-41(15-13-40)43-18-24-47(25-19-43)54(52-30-28-50(55-4)32-37(52)3)49-27-21-39-8-6-10-45(39)34-49/h11-34H,5-10H2,1-4H3. The topological polar surface area (TPSA) is 15.7 Å². The lowest BCUT2D eigenvalue weighted by atomic mass is 9.99. The van der Waals surface area contributed by atoms with Gasteiger partial charge in [0.05, 0.1) is 7.11 Å². The number of nitrogens with zero attached hydrogens (tertiary/aromatic N) is 2. The molecule has 0 atom stereocenters. The summed E-state index contributed by atoms with van der Waals surface area (Å²) < 4.78 is 5.55. The summed E-state index contributed by atoms with van der Waals surface area (Å²) in [6, 6.07) is 54.2. The van der Waals surface area contributed by atoms with Crippen LogP contribution in [-0.2, 0) is 25.7 Å².